The van der Waals surface area contributed by atoms with E-state index in [0.717, 1.165) is 11.3 Å². The number of likely N-dealkylation sites (tertiary alicyclic amines) is 1. The topological polar surface area (TPSA) is 50.8 Å². The zero-order valence-electron chi connectivity index (χ0n) is 14.1. The van der Waals surface area contributed by atoms with Crippen LogP contribution in [0.2, 0.25) is 0 Å². The highest BCUT2D eigenvalue weighted by molar-refractivity contribution is 5.69. The van der Waals surface area contributed by atoms with Gasteiger partial charge in [0, 0.05) is 30.7 Å². The van der Waals surface area contributed by atoms with Crippen LogP contribution < -0.4 is 10.1 Å². The molecule has 0 spiro atoms. The van der Waals surface area contributed by atoms with E-state index >= 15 is 0 Å². The van der Waals surface area contributed by atoms with E-state index in [2.05, 4.69) is 18.3 Å². The maximum atomic E-state index is 11.9. The molecule has 0 unspecified atom stereocenters. The Morgan fingerprint density at radius 1 is 1.32 bits per heavy atom. The van der Waals surface area contributed by atoms with E-state index in [1.54, 1.807) is 12.0 Å². The van der Waals surface area contributed by atoms with Crippen molar-refractivity contribution in [3.63, 3.8) is 0 Å². The summed E-state index contributed by atoms with van der Waals surface area (Å²) in [6.45, 7) is 9.09. The summed E-state index contributed by atoms with van der Waals surface area (Å²) >= 11 is 0. The van der Waals surface area contributed by atoms with Crippen molar-refractivity contribution < 1.29 is 14.3 Å². The van der Waals surface area contributed by atoms with Gasteiger partial charge in [0.1, 0.15) is 11.4 Å². The number of amides is 1. The van der Waals surface area contributed by atoms with Gasteiger partial charge >= 0.3 is 6.09 Å². The first-order chi connectivity index (χ1) is 10.3. The van der Waals surface area contributed by atoms with Crippen LogP contribution in [0.1, 0.15) is 39.3 Å². The van der Waals surface area contributed by atoms with Crippen molar-refractivity contribution in [2.24, 2.45) is 0 Å². The maximum Gasteiger partial charge on any atom is 0.410 e. The molecule has 22 heavy (non-hydrogen) atoms. The predicted octanol–water partition coefficient (Wildman–Crippen LogP) is 2.97. The van der Waals surface area contributed by atoms with Crippen molar-refractivity contribution in [1.29, 1.82) is 0 Å². The molecule has 0 bridgehead atoms. The molecule has 0 aliphatic carbocycles. The van der Waals surface area contributed by atoms with Crippen LogP contribution >= 0.6 is 0 Å². The minimum atomic E-state index is -0.444. The third kappa shape index (κ3) is 4.13. The van der Waals surface area contributed by atoms with Crippen LogP contribution in [0.15, 0.2) is 24.3 Å². The number of carbonyl (C=O) groups excluding carboxylic acids is 1. The first-order valence-corrected chi connectivity index (χ1v) is 7.67. The van der Waals surface area contributed by atoms with E-state index in [4.69, 9.17) is 9.47 Å². The summed E-state index contributed by atoms with van der Waals surface area (Å²) < 4.78 is 10.7. The third-order valence-corrected chi connectivity index (χ3v) is 3.62. The van der Waals surface area contributed by atoms with E-state index < -0.39 is 5.60 Å². The Bertz CT molecular complexity index is 519. The van der Waals surface area contributed by atoms with Gasteiger partial charge in [0.05, 0.1) is 7.11 Å². The Kier molecular flexibility index (Phi) is 4.96. The fourth-order valence-corrected chi connectivity index (χ4v) is 2.53. The van der Waals surface area contributed by atoms with E-state index in [9.17, 15) is 4.79 Å². The fourth-order valence-electron chi connectivity index (χ4n) is 2.53. The molecule has 5 nitrogen and oxygen atoms in total. The molecule has 1 fully saturated rings. The summed E-state index contributed by atoms with van der Waals surface area (Å²) in [5, 5.41) is 3.53. The zero-order valence-corrected chi connectivity index (χ0v) is 14.1. The van der Waals surface area contributed by atoms with Gasteiger partial charge < -0.3 is 19.7 Å². The second-order valence-electron chi connectivity index (χ2n) is 6.71. The van der Waals surface area contributed by atoms with Crippen LogP contribution in [0.3, 0.4) is 0 Å². The van der Waals surface area contributed by atoms with E-state index in [-0.39, 0.29) is 18.2 Å². The van der Waals surface area contributed by atoms with Crippen LogP contribution in [0.4, 0.5) is 4.79 Å². The van der Waals surface area contributed by atoms with Crippen LogP contribution in [0.25, 0.3) is 0 Å². The number of methoxy groups -OCH3 is 1. The van der Waals surface area contributed by atoms with E-state index in [1.807, 2.05) is 39.0 Å². The highest BCUT2D eigenvalue weighted by Crippen LogP contribution is 2.26. The van der Waals surface area contributed by atoms with Gasteiger partial charge in [0.15, 0.2) is 0 Å². The molecule has 1 saturated heterocycles. The van der Waals surface area contributed by atoms with Gasteiger partial charge in [-0.3, -0.25) is 0 Å². The normalized spacial score (nSPS) is 16.9. The molecule has 1 aromatic rings. The molecule has 1 aliphatic rings. The number of benzene rings is 1. The lowest BCUT2D eigenvalue weighted by atomic mass is 10.0. The van der Waals surface area contributed by atoms with Crippen LogP contribution in [0, 0.1) is 0 Å². The molecule has 1 aromatic carbocycles. The number of para-hydroxylation sites is 1. The average Bonchev–Trinajstić information content (AvgIpc) is 2.39. The Labute approximate surface area is 132 Å². The minimum absolute atomic E-state index is 0.168. The molecule has 0 saturated carbocycles. The molecule has 1 amide bonds. The molecule has 122 valence electrons. The monoisotopic (exact) mass is 306 g/mol. The number of ether oxygens (including phenoxy) is 2. The summed E-state index contributed by atoms with van der Waals surface area (Å²) in [4.78, 5) is 13.6. The molecule has 1 heterocycles. The molecule has 5 heteroatoms. The van der Waals surface area contributed by atoms with E-state index in [1.165, 1.54) is 0 Å². The predicted molar refractivity (Wildman–Crippen MR) is 86.1 cm³/mol. The first-order valence-electron chi connectivity index (χ1n) is 7.67. The standard InChI is InChI=1S/C17H26N2O3/c1-12(14-8-6-7-9-15(14)21-5)18-13-10-19(11-13)16(20)22-17(2,3)4/h6-9,12-13,18H,10-11H2,1-5H3/t12-/m0/s1. The Morgan fingerprint density at radius 3 is 2.55 bits per heavy atom. The molecule has 0 radical (unpaired) electrons. The molecule has 0 aromatic heterocycles. The summed E-state index contributed by atoms with van der Waals surface area (Å²) in [7, 11) is 1.68. The molecule has 1 atom stereocenters. The lowest BCUT2D eigenvalue weighted by Crippen LogP contribution is -2.60. The Morgan fingerprint density at radius 2 is 1.95 bits per heavy atom. The number of carbonyl (C=O) groups is 1. The van der Waals surface area contributed by atoms with Gasteiger partial charge in [-0.05, 0) is 33.8 Å². The van der Waals surface area contributed by atoms with Crippen molar-refractivity contribution in [2.75, 3.05) is 20.2 Å². The highest BCUT2D eigenvalue weighted by Gasteiger charge is 2.34. The molecule has 2 rings (SSSR count). The number of nitrogens with zero attached hydrogens (tertiary/aromatic N) is 1. The average molecular weight is 306 g/mol. The maximum absolute atomic E-state index is 11.9. The quantitative estimate of drug-likeness (QED) is 0.929. The summed E-state index contributed by atoms with van der Waals surface area (Å²) in [6.07, 6.45) is -0.240. The lowest BCUT2D eigenvalue weighted by Gasteiger charge is -2.41. The number of rotatable bonds is 4. The van der Waals surface area contributed by atoms with Crippen molar-refractivity contribution >= 4 is 6.09 Å². The lowest BCUT2D eigenvalue weighted by molar-refractivity contribution is 0.00431. The van der Waals surface area contributed by atoms with Crippen LogP contribution in [0.5, 0.6) is 5.75 Å². The van der Waals surface area contributed by atoms with Gasteiger partial charge in [-0.25, -0.2) is 4.79 Å². The summed E-state index contributed by atoms with van der Waals surface area (Å²) in [6, 6.07) is 8.43. The van der Waals surface area contributed by atoms with Crippen molar-refractivity contribution in [3.05, 3.63) is 29.8 Å². The number of hydrogen-bond acceptors (Lipinski definition) is 4. The fraction of sp³-hybridized carbons (Fsp3) is 0.588. The minimum Gasteiger partial charge on any atom is -0.496 e. The van der Waals surface area contributed by atoms with Gasteiger partial charge in [-0.15, -0.1) is 0 Å². The third-order valence-electron chi connectivity index (χ3n) is 3.62. The van der Waals surface area contributed by atoms with Gasteiger partial charge in [-0.2, -0.15) is 0 Å². The van der Waals surface area contributed by atoms with Crippen LogP contribution in [-0.2, 0) is 4.74 Å². The Hall–Kier alpha value is -1.75. The molecular weight excluding hydrogens is 280 g/mol. The number of nitrogens with one attached hydrogen (secondary N) is 1. The SMILES string of the molecule is COc1ccccc1[C@H](C)NC1CN(C(=O)OC(C)(C)C)C1. The van der Waals surface area contributed by atoms with Gasteiger partial charge in [0.2, 0.25) is 0 Å². The molecule has 1 N–H and O–H groups in total. The second-order valence-corrected chi connectivity index (χ2v) is 6.71. The first kappa shape index (κ1) is 16.6. The van der Waals surface area contributed by atoms with Gasteiger partial charge in [-0.1, -0.05) is 18.2 Å². The Balaban J connectivity index is 1.83. The molecule has 1 aliphatic heterocycles. The molecular formula is C17H26N2O3. The summed E-state index contributed by atoms with van der Waals surface area (Å²) in [5.74, 6) is 0.880. The smallest absolute Gasteiger partial charge is 0.410 e. The highest BCUT2D eigenvalue weighted by atomic mass is 16.6. The zero-order chi connectivity index (χ0) is 16.3. The number of hydrogen-bond donors (Lipinski definition) is 1. The van der Waals surface area contributed by atoms with Crippen LogP contribution in [-0.4, -0.2) is 42.8 Å². The van der Waals surface area contributed by atoms with E-state index in [0.29, 0.717) is 13.1 Å². The van der Waals surface area contributed by atoms with Gasteiger partial charge in [0.25, 0.3) is 0 Å². The summed E-state index contributed by atoms with van der Waals surface area (Å²) in [5.41, 5.74) is 0.682. The van der Waals surface area contributed by atoms with Crippen molar-refractivity contribution in [2.45, 2.75) is 45.4 Å². The largest absolute Gasteiger partial charge is 0.496 e. The second kappa shape index (κ2) is 6.57. The van der Waals surface area contributed by atoms with Crippen molar-refractivity contribution in [3.8, 4) is 5.75 Å². The van der Waals surface area contributed by atoms with Crippen molar-refractivity contribution in [1.82, 2.24) is 10.2 Å².